The molecule has 0 aromatic heterocycles. The van der Waals surface area contributed by atoms with Gasteiger partial charge in [-0.05, 0) is 60.6 Å². The lowest BCUT2D eigenvalue weighted by atomic mass is 10.2. The molecule has 8 heteroatoms. The van der Waals surface area contributed by atoms with E-state index in [1.54, 1.807) is 48.5 Å². The Balaban J connectivity index is 2.14. The molecular weight excluding hydrogens is 407 g/mol. The molecular formula is C19H22ClO5PS. The predicted octanol–water partition coefficient (Wildman–Crippen LogP) is 6.62. The minimum Gasteiger partial charge on any atom is -0.462 e. The number of halogens is 1. The van der Waals surface area contributed by atoms with Gasteiger partial charge in [0.15, 0.2) is 0 Å². The van der Waals surface area contributed by atoms with Gasteiger partial charge in [0, 0.05) is 5.75 Å². The Morgan fingerprint density at radius 2 is 1.74 bits per heavy atom. The Kier molecular flexibility index (Phi) is 8.55. The Bertz CT molecular complexity index is 797. The maximum Gasteiger partial charge on any atom is 0.492 e. The molecule has 0 amide bonds. The maximum atomic E-state index is 13.2. The van der Waals surface area contributed by atoms with E-state index in [0.29, 0.717) is 34.4 Å². The first-order valence-electron chi connectivity index (χ1n) is 8.63. The molecule has 2 aromatic carbocycles. The van der Waals surface area contributed by atoms with E-state index in [2.05, 4.69) is 0 Å². The Morgan fingerprint density at radius 3 is 2.37 bits per heavy atom. The van der Waals surface area contributed by atoms with Gasteiger partial charge in [-0.1, -0.05) is 37.6 Å². The Hall–Kier alpha value is -1.62. The van der Waals surface area contributed by atoms with Crippen LogP contribution < -0.4 is 9.05 Å². The van der Waals surface area contributed by atoms with Crippen molar-refractivity contribution in [3.05, 3.63) is 59.1 Å². The molecule has 27 heavy (non-hydrogen) atoms. The van der Waals surface area contributed by atoms with Gasteiger partial charge in [0.05, 0.1) is 17.2 Å². The van der Waals surface area contributed by atoms with Crippen LogP contribution >= 0.6 is 29.8 Å². The molecule has 2 rings (SSSR count). The fourth-order valence-electron chi connectivity index (χ4n) is 1.97. The number of carbonyl (C=O) groups excluding carboxylic acids is 1. The van der Waals surface area contributed by atoms with Crippen LogP contribution in [0.15, 0.2) is 48.5 Å². The number of hydrogen-bond donors (Lipinski definition) is 0. The largest absolute Gasteiger partial charge is 0.492 e. The van der Waals surface area contributed by atoms with E-state index in [4.69, 9.17) is 25.4 Å². The average Bonchev–Trinajstić information content (AvgIpc) is 2.67. The zero-order valence-corrected chi connectivity index (χ0v) is 17.7. The maximum absolute atomic E-state index is 13.2. The molecule has 5 nitrogen and oxygen atoms in total. The van der Waals surface area contributed by atoms with Crippen molar-refractivity contribution >= 4 is 35.7 Å². The molecule has 0 spiro atoms. The number of hydrogen-bond acceptors (Lipinski definition) is 6. The van der Waals surface area contributed by atoms with Crippen LogP contribution in [0.4, 0.5) is 0 Å². The first-order valence-corrected chi connectivity index (χ1v) is 12.1. The predicted molar refractivity (Wildman–Crippen MR) is 110 cm³/mol. The molecule has 2 aromatic rings. The van der Waals surface area contributed by atoms with Crippen LogP contribution in [0.2, 0.25) is 5.02 Å². The van der Waals surface area contributed by atoms with E-state index in [9.17, 15) is 9.36 Å². The zero-order valence-electron chi connectivity index (χ0n) is 15.2. The molecule has 0 saturated heterocycles. The summed E-state index contributed by atoms with van der Waals surface area (Å²) in [6.07, 6.45) is 1.57. The van der Waals surface area contributed by atoms with E-state index in [-0.39, 0.29) is 0 Å². The fourth-order valence-corrected chi connectivity index (χ4v) is 5.56. The van der Waals surface area contributed by atoms with Gasteiger partial charge >= 0.3 is 12.8 Å². The van der Waals surface area contributed by atoms with Crippen LogP contribution in [-0.4, -0.2) is 18.3 Å². The second kappa shape index (κ2) is 10.6. The van der Waals surface area contributed by atoms with Crippen molar-refractivity contribution < 1.29 is 23.1 Å². The lowest BCUT2D eigenvalue weighted by Gasteiger charge is -2.19. The minimum absolute atomic E-state index is 0.297. The van der Waals surface area contributed by atoms with Gasteiger partial charge in [-0.3, -0.25) is 0 Å². The number of para-hydroxylation sites is 1. The molecule has 0 heterocycles. The van der Waals surface area contributed by atoms with Crippen molar-refractivity contribution in [3.63, 3.8) is 0 Å². The highest BCUT2D eigenvalue weighted by Gasteiger charge is 2.30. The Morgan fingerprint density at radius 1 is 1.04 bits per heavy atom. The normalized spacial score (nSPS) is 12.9. The highest BCUT2D eigenvalue weighted by molar-refractivity contribution is 8.55. The lowest BCUT2D eigenvalue weighted by Crippen LogP contribution is -2.05. The van der Waals surface area contributed by atoms with Crippen molar-refractivity contribution in [2.45, 2.75) is 26.7 Å². The van der Waals surface area contributed by atoms with Crippen LogP contribution in [0.3, 0.4) is 0 Å². The number of rotatable bonds is 10. The minimum atomic E-state index is -3.55. The summed E-state index contributed by atoms with van der Waals surface area (Å²) in [5, 5.41) is 0.354. The van der Waals surface area contributed by atoms with Crippen LogP contribution in [0.25, 0.3) is 0 Å². The molecule has 1 atom stereocenters. The number of carbonyl (C=O) groups is 1. The topological polar surface area (TPSA) is 61.8 Å². The SMILES string of the molecule is CCCOC(=O)c1ccc(OP(=O)(Oc2ccccc2Cl)SCCC)cc1. The summed E-state index contributed by atoms with van der Waals surface area (Å²) in [6.45, 7) is 0.721. The third-order valence-electron chi connectivity index (χ3n) is 3.24. The molecule has 1 unspecified atom stereocenters. The van der Waals surface area contributed by atoms with E-state index < -0.39 is 12.8 Å². The molecule has 0 aliphatic carbocycles. The van der Waals surface area contributed by atoms with Gasteiger partial charge in [0.25, 0.3) is 0 Å². The first kappa shape index (κ1) is 21.7. The summed E-state index contributed by atoms with van der Waals surface area (Å²) in [7, 11) is 0. The van der Waals surface area contributed by atoms with Crippen molar-refractivity contribution in [1.82, 2.24) is 0 Å². The van der Waals surface area contributed by atoms with E-state index in [1.165, 1.54) is 0 Å². The summed E-state index contributed by atoms with van der Waals surface area (Å²) < 4.78 is 29.6. The molecule has 0 saturated carbocycles. The number of ether oxygens (including phenoxy) is 1. The third-order valence-corrected chi connectivity index (χ3v) is 7.26. The average molecular weight is 429 g/mol. The van der Waals surface area contributed by atoms with E-state index in [0.717, 1.165) is 24.2 Å². The summed E-state index contributed by atoms with van der Waals surface area (Å²) in [6, 6.07) is 13.1. The van der Waals surface area contributed by atoms with Crippen LogP contribution in [-0.2, 0) is 9.30 Å². The van der Waals surface area contributed by atoms with Crippen LogP contribution in [0.5, 0.6) is 11.5 Å². The second-order valence-corrected chi connectivity index (χ2v) is 10.0. The molecule has 0 aliphatic rings. The zero-order chi connectivity index (χ0) is 19.7. The van der Waals surface area contributed by atoms with Gasteiger partial charge in [-0.2, -0.15) is 0 Å². The highest BCUT2D eigenvalue weighted by atomic mass is 35.5. The highest BCUT2D eigenvalue weighted by Crippen LogP contribution is 2.60. The standard InChI is InChI=1S/C19H22ClO5PS/c1-3-13-23-19(21)15-9-11-16(12-10-15)24-26(22,27-14-4-2)25-18-8-6-5-7-17(18)20/h5-12H,3-4,13-14H2,1-2H3. The summed E-state index contributed by atoms with van der Waals surface area (Å²) in [5.41, 5.74) is 0.402. The summed E-state index contributed by atoms with van der Waals surface area (Å²) in [4.78, 5) is 11.9. The molecule has 146 valence electrons. The van der Waals surface area contributed by atoms with Crippen molar-refractivity contribution in [1.29, 1.82) is 0 Å². The van der Waals surface area contributed by atoms with Crippen LogP contribution in [0, 0.1) is 0 Å². The van der Waals surface area contributed by atoms with Crippen molar-refractivity contribution in [2.75, 3.05) is 12.4 Å². The first-order chi connectivity index (χ1) is 13.0. The lowest BCUT2D eigenvalue weighted by molar-refractivity contribution is 0.0505. The number of benzene rings is 2. The molecule has 0 bridgehead atoms. The van der Waals surface area contributed by atoms with Gasteiger partial charge < -0.3 is 13.8 Å². The molecule has 0 radical (unpaired) electrons. The van der Waals surface area contributed by atoms with Gasteiger partial charge in [-0.15, -0.1) is 0 Å². The van der Waals surface area contributed by atoms with E-state index >= 15 is 0 Å². The molecule has 0 aliphatic heterocycles. The van der Waals surface area contributed by atoms with Crippen molar-refractivity contribution in [2.24, 2.45) is 0 Å². The second-order valence-electron chi connectivity index (χ2n) is 5.55. The van der Waals surface area contributed by atoms with Crippen molar-refractivity contribution in [3.8, 4) is 11.5 Å². The third kappa shape index (κ3) is 6.80. The van der Waals surface area contributed by atoms with Gasteiger partial charge in [0.2, 0.25) is 0 Å². The molecule has 0 N–H and O–H groups in total. The summed E-state index contributed by atoms with van der Waals surface area (Å²) in [5.74, 6) is 0.828. The molecule has 0 fully saturated rings. The smallest absolute Gasteiger partial charge is 0.462 e. The van der Waals surface area contributed by atoms with Gasteiger partial charge in [0.1, 0.15) is 11.5 Å². The fraction of sp³-hybridized carbons (Fsp3) is 0.316. The monoisotopic (exact) mass is 428 g/mol. The number of esters is 1. The summed E-state index contributed by atoms with van der Waals surface area (Å²) >= 11 is 7.21. The quantitative estimate of drug-likeness (QED) is 0.313. The van der Waals surface area contributed by atoms with E-state index in [1.807, 2.05) is 13.8 Å². The van der Waals surface area contributed by atoms with Gasteiger partial charge in [-0.25, -0.2) is 9.36 Å². The Labute approximate surface area is 168 Å². The van der Waals surface area contributed by atoms with Crippen LogP contribution in [0.1, 0.15) is 37.0 Å².